The topological polar surface area (TPSA) is 44.5 Å². The normalized spacial score (nSPS) is 13.5. The van der Waals surface area contributed by atoms with Gasteiger partial charge in [0.1, 0.15) is 0 Å². The maximum Gasteiger partial charge on any atom is 0.172 e. The van der Waals surface area contributed by atoms with E-state index in [9.17, 15) is 0 Å². The molecule has 0 aromatic heterocycles. The van der Waals surface area contributed by atoms with Gasteiger partial charge in [0.25, 0.3) is 0 Å². The Morgan fingerprint density at radius 2 is 1.43 bits per heavy atom. The number of nitrogens with two attached hydrogens (primary N) is 1. The van der Waals surface area contributed by atoms with Crippen LogP contribution in [0.15, 0.2) is 0 Å². The lowest BCUT2D eigenvalue weighted by atomic mass is 10.3. The van der Waals surface area contributed by atoms with Crippen LogP contribution in [0.25, 0.3) is 0 Å². The highest BCUT2D eigenvalue weighted by Gasteiger charge is 2.13. The lowest BCUT2D eigenvalue weighted by molar-refractivity contribution is -0.152. The Balaban J connectivity index is 3.55. The van der Waals surface area contributed by atoms with Gasteiger partial charge in [0.2, 0.25) is 0 Å². The average molecular weight is 203 g/mol. The Hall–Kier alpha value is -0.120. The second kappa shape index (κ2) is 9.44. The molecule has 0 amide bonds. The van der Waals surface area contributed by atoms with Crippen molar-refractivity contribution >= 4 is 0 Å². The molecule has 0 bridgehead atoms. The van der Waals surface area contributed by atoms with E-state index in [0.717, 1.165) is 38.9 Å². The highest BCUT2D eigenvalue weighted by atomic mass is 16.7. The highest BCUT2D eigenvalue weighted by Crippen LogP contribution is 2.03. The molecule has 0 heterocycles. The molecular weight excluding hydrogens is 178 g/mol. The van der Waals surface area contributed by atoms with Crippen LogP contribution in [0.5, 0.6) is 0 Å². The molecule has 0 aliphatic heterocycles. The summed E-state index contributed by atoms with van der Waals surface area (Å²) in [4.78, 5) is 0. The molecule has 0 radical (unpaired) electrons. The van der Waals surface area contributed by atoms with E-state index in [0.29, 0.717) is 0 Å². The third kappa shape index (κ3) is 7.30. The molecule has 0 fully saturated rings. The number of rotatable bonds is 9. The van der Waals surface area contributed by atoms with Crippen LogP contribution in [-0.4, -0.2) is 25.5 Å². The summed E-state index contributed by atoms with van der Waals surface area (Å²) in [6.07, 6.45) is 4.19. The summed E-state index contributed by atoms with van der Waals surface area (Å²) in [5.74, 6) is 0. The van der Waals surface area contributed by atoms with Crippen LogP contribution in [0.2, 0.25) is 0 Å². The molecule has 0 aliphatic carbocycles. The van der Waals surface area contributed by atoms with Crippen LogP contribution in [0, 0.1) is 0 Å². The fraction of sp³-hybridized carbons (Fsp3) is 1.00. The molecule has 14 heavy (non-hydrogen) atoms. The molecule has 1 atom stereocenters. The Bertz CT molecular complexity index is 108. The van der Waals surface area contributed by atoms with Gasteiger partial charge in [-0.25, -0.2) is 0 Å². The third-order valence-corrected chi connectivity index (χ3v) is 1.99. The summed E-state index contributed by atoms with van der Waals surface area (Å²) in [5.41, 5.74) is 5.75. The average Bonchev–Trinajstić information content (AvgIpc) is 2.15. The summed E-state index contributed by atoms with van der Waals surface area (Å²) in [6.45, 7) is 7.69. The van der Waals surface area contributed by atoms with Gasteiger partial charge in [0, 0.05) is 13.2 Å². The van der Waals surface area contributed by atoms with Gasteiger partial charge in [0.15, 0.2) is 6.29 Å². The Morgan fingerprint density at radius 1 is 1.00 bits per heavy atom. The van der Waals surface area contributed by atoms with E-state index < -0.39 is 0 Å². The molecule has 0 rings (SSSR count). The number of ether oxygens (including phenoxy) is 2. The predicted octanol–water partition coefficient (Wildman–Crippen LogP) is 2.29. The second-order valence-electron chi connectivity index (χ2n) is 3.68. The Labute approximate surface area is 88.0 Å². The van der Waals surface area contributed by atoms with Crippen molar-refractivity contribution in [3.05, 3.63) is 0 Å². The molecule has 86 valence electrons. The zero-order chi connectivity index (χ0) is 10.8. The summed E-state index contributed by atoms with van der Waals surface area (Å²) in [5, 5.41) is 0. The maximum atomic E-state index is 5.75. The molecule has 0 spiro atoms. The number of unbranched alkanes of at least 4 members (excludes halogenated alkanes) is 2. The lowest BCUT2D eigenvalue weighted by Gasteiger charge is -2.21. The van der Waals surface area contributed by atoms with Gasteiger partial charge < -0.3 is 15.2 Å². The predicted molar refractivity (Wildman–Crippen MR) is 59.2 cm³/mol. The summed E-state index contributed by atoms with van der Waals surface area (Å²) in [7, 11) is 0. The highest BCUT2D eigenvalue weighted by molar-refractivity contribution is 4.58. The van der Waals surface area contributed by atoms with E-state index in [1.807, 2.05) is 6.92 Å². The Kier molecular flexibility index (Phi) is 9.35. The van der Waals surface area contributed by atoms with Crippen molar-refractivity contribution in [1.82, 2.24) is 0 Å². The van der Waals surface area contributed by atoms with Crippen molar-refractivity contribution in [3.8, 4) is 0 Å². The molecule has 3 heteroatoms. The second-order valence-corrected chi connectivity index (χ2v) is 3.68. The Morgan fingerprint density at radius 3 is 1.71 bits per heavy atom. The number of hydrogen-bond donors (Lipinski definition) is 1. The van der Waals surface area contributed by atoms with E-state index in [4.69, 9.17) is 15.2 Å². The summed E-state index contributed by atoms with van der Waals surface area (Å²) < 4.78 is 11.1. The molecule has 0 aliphatic rings. The summed E-state index contributed by atoms with van der Waals surface area (Å²) >= 11 is 0. The van der Waals surface area contributed by atoms with Crippen LogP contribution in [0.3, 0.4) is 0 Å². The molecule has 2 N–H and O–H groups in total. The van der Waals surface area contributed by atoms with Gasteiger partial charge in [-0.05, 0) is 19.8 Å². The van der Waals surface area contributed by atoms with E-state index in [1.165, 1.54) is 0 Å². The SMILES string of the molecule is CCCCOC(OCCCC)[C@@H](C)N. The van der Waals surface area contributed by atoms with Crippen LogP contribution in [-0.2, 0) is 9.47 Å². The van der Waals surface area contributed by atoms with Crippen LogP contribution < -0.4 is 5.73 Å². The van der Waals surface area contributed by atoms with Gasteiger partial charge in [-0.2, -0.15) is 0 Å². The van der Waals surface area contributed by atoms with Gasteiger partial charge in [0.05, 0.1) is 6.04 Å². The largest absolute Gasteiger partial charge is 0.351 e. The lowest BCUT2D eigenvalue weighted by Crippen LogP contribution is -2.36. The van der Waals surface area contributed by atoms with Crippen molar-refractivity contribution in [2.45, 2.75) is 58.8 Å². The van der Waals surface area contributed by atoms with Gasteiger partial charge in [-0.1, -0.05) is 26.7 Å². The summed E-state index contributed by atoms with van der Waals surface area (Å²) in [6, 6.07) is -0.0521. The first-order chi connectivity index (χ1) is 6.72. The minimum absolute atomic E-state index is 0.0521. The quantitative estimate of drug-likeness (QED) is 0.462. The van der Waals surface area contributed by atoms with E-state index in [2.05, 4.69) is 13.8 Å². The zero-order valence-electron chi connectivity index (χ0n) is 9.79. The molecular formula is C11H25NO2. The fourth-order valence-corrected chi connectivity index (χ4v) is 1.04. The first-order valence-corrected chi connectivity index (χ1v) is 5.71. The monoisotopic (exact) mass is 203 g/mol. The van der Waals surface area contributed by atoms with Crippen LogP contribution >= 0.6 is 0 Å². The molecule has 3 nitrogen and oxygen atoms in total. The van der Waals surface area contributed by atoms with Gasteiger partial charge in [-0.3, -0.25) is 0 Å². The van der Waals surface area contributed by atoms with Crippen molar-refractivity contribution in [3.63, 3.8) is 0 Å². The minimum Gasteiger partial charge on any atom is -0.351 e. The van der Waals surface area contributed by atoms with E-state index in [1.54, 1.807) is 0 Å². The van der Waals surface area contributed by atoms with Crippen molar-refractivity contribution < 1.29 is 9.47 Å². The molecule has 0 aromatic carbocycles. The molecule has 0 saturated heterocycles. The maximum absolute atomic E-state index is 5.75. The molecule has 0 saturated carbocycles. The molecule has 0 aromatic rings. The van der Waals surface area contributed by atoms with E-state index in [-0.39, 0.29) is 12.3 Å². The van der Waals surface area contributed by atoms with Crippen molar-refractivity contribution in [1.29, 1.82) is 0 Å². The third-order valence-electron chi connectivity index (χ3n) is 1.99. The van der Waals surface area contributed by atoms with Gasteiger partial charge >= 0.3 is 0 Å². The smallest absolute Gasteiger partial charge is 0.172 e. The zero-order valence-corrected chi connectivity index (χ0v) is 9.79. The number of hydrogen-bond acceptors (Lipinski definition) is 3. The first-order valence-electron chi connectivity index (χ1n) is 5.71. The standard InChI is InChI=1S/C11H25NO2/c1-4-6-8-13-11(10(3)12)14-9-7-5-2/h10-11H,4-9,12H2,1-3H3/t10-/m1/s1. The van der Waals surface area contributed by atoms with Crippen LogP contribution in [0.1, 0.15) is 46.5 Å². The van der Waals surface area contributed by atoms with Crippen LogP contribution in [0.4, 0.5) is 0 Å². The fourth-order valence-electron chi connectivity index (χ4n) is 1.04. The first kappa shape index (κ1) is 13.9. The van der Waals surface area contributed by atoms with Crippen molar-refractivity contribution in [2.24, 2.45) is 5.73 Å². The van der Waals surface area contributed by atoms with Gasteiger partial charge in [-0.15, -0.1) is 0 Å². The molecule has 0 unspecified atom stereocenters. The van der Waals surface area contributed by atoms with E-state index >= 15 is 0 Å². The minimum atomic E-state index is -0.229. The van der Waals surface area contributed by atoms with Crippen molar-refractivity contribution in [2.75, 3.05) is 13.2 Å².